The van der Waals surface area contributed by atoms with E-state index in [1.54, 1.807) is 20.1 Å². The second kappa shape index (κ2) is 8.12. The molecule has 0 spiro atoms. The van der Waals surface area contributed by atoms with Gasteiger partial charge in [-0.25, -0.2) is 0 Å². The van der Waals surface area contributed by atoms with Gasteiger partial charge < -0.3 is 9.47 Å². The third kappa shape index (κ3) is 5.02. The summed E-state index contributed by atoms with van der Waals surface area (Å²) in [4.78, 5) is 13.7. The third-order valence-corrected chi connectivity index (χ3v) is 3.22. The van der Waals surface area contributed by atoms with Crippen LogP contribution in [0.25, 0.3) is 0 Å². The molecule has 0 unspecified atom stereocenters. The fourth-order valence-corrected chi connectivity index (χ4v) is 2.08. The van der Waals surface area contributed by atoms with Gasteiger partial charge in [-0.05, 0) is 39.0 Å². The Kier molecular flexibility index (Phi) is 6.82. The van der Waals surface area contributed by atoms with Crippen LogP contribution in [0, 0.1) is 0 Å². The molecule has 1 aromatic rings. The monoisotopic (exact) mass is 299 g/mol. The van der Waals surface area contributed by atoms with E-state index in [1.165, 1.54) is 0 Å². The zero-order valence-corrected chi connectivity index (χ0v) is 13.2. The summed E-state index contributed by atoms with van der Waals surface area (Å²) in [6.45, 7) is 7.11. The number of carbonyl (C=O) groups excluding carboxylic acids is 1. The van der Waals surface area contributed by atoms with Gasteiger partial charge in [-0.15, -0.1) is 0 Å². The number of benzene rings is 1. The van der Waals surface area contributed by atoms with Gasteiger partial charge in [0.05, 0.1) is 20.3 Å². The average Bonchev–Trinajstić information content (AvgIpc) is 2.38. The normalized spacial score (nSPS) is 10.9. The first kappa shape index (κ1) is 16.8. The standard InChI is InChI=1S/C15H22ClNO3/c1-5-20-15(18)10-17(11(2)3)9-12-8-13(16)6-7-14(12)19-4/h6-8,11H,5,9-10H2,1-4H3. The molecule has 1 aromatic carbocycles. The number of rotatable bonds is 7. The highest BCUT2D eigenvalue weighted by Crippen LogP contribution is 2.24. The molecule has 0 heterocycles. The van der Waals surface area contributed by atoms with E-state index in [2.05, 4.69) is 0 Å². The number of esters is 1. The quantitative estimate of drug-likeness (QED) is 0.725. The molecule has 0 radical (unpaired) electrons. The van der Waals surface area contributed by atoms with Crippen molar-refractivity contribution in [3.05, 3.63) is 28.8 Å². The Morgan fingerprint density at radius 3 is 2.65 bits per heavy atom. The van der Waals surface area contributed by atoms with Crippen molar-refractivity contribution in [2.45, 2.75) is 33.4 Å². The van der Waals surface area contributed by atoms with Crippen molar-refractivity contribution >= 4 is 17.6 Å². The van der Waals surface area contributed by atoms with Gasteiger partial charge in [-0.1, -0.05) is 11.6 Å². The third-order valence-electron chi connectivity index (χ3n) is 2.98. The molecule has 5 heteroatoms. The minimum Gasteiger partial charge on any atom is -0.496 e. The Balaban J connectivity index is 2.85. The zero-order chi connectivity index (χ0) is 15.1. The van der Waals surface area contributed by atoms with E-state index in [0.29, 0.717) is 18.2 Å². The van der Waals surface area contributed by atoms with Gasteiger partial charge in [0.1, 0.15) is 5.75 Å². The number of methoxy groups -OCH3 is 1. The maximum Gasteiger partial charge on any atom is 0.320 e. The Morgan fingerprint density at radius 1 is 1.40 bits per heavy atom. The molecule has 0 aliphatic heterocycles. The predicted molar refractivity (Wildman–Crippen MR) is 80.2 cm³/mol. The topological polar surface area (TPSA) is 38.8 Å². The van der Waals surface area contributed by atoms with Crippen LogP contribution in [-0.2, 0) is 16.1 Å². The zero-order valence-electron chi connectivity index (χ0n) is 12.5. The Morgan fingerprint density at radius 2 is 2.10 bits per heavy atom. The largest absolute Gasteiger partial charge is 0.496 e. The smallest absolute Gasteiger partial charge is 0.320 e. The number of nitrogens with zero attached hydrogens (tertiary/aromatic N) is 1. The first-order valence-corrected chi connectivity index (χ1v) is 7.07. The molecule has 0 saturated carbocycles. The SMILES string of the molecule is CCOC(=O)CN(Cc1cc(Cl)ccc1OC)C(C)C. The molecule has 0 fully saturated rings. The summed E-state index contributed by atoms with van der Waals surface area (Å²) in [6, 6.07) is 5.69. The Hall–Kier alpha value is -1.26. The number of carbonyl (C=O) groups is 1. The second-order valence-electron chi connectivity index (χ2n) is 4.76. The molecule has 0 aromatic heterocycles. The van der Waals surface area contributed by atoms with E-state index < -0.39 is 0 Å². The fourth-order valence-electron chi connectivity index (χ4n) is 1.88. The second-order valence-corrected chi connectivity index (χ2v) is 5.20. The summed E-state index contributed by atoms with van der Waals surface area (Å²) in [5, 5.41) is 0.653. The summed E-state index contributed by atoms with van der Waals surface area (Å²) in [5.41, 5.74) is 0.956. The highest BCUT2D eigenvalue weighted by molar-refractivity contribution is 6.30. The molecule has 0 N–H and O–H groups in total. The van der Waals surface area contributed by atoms with Gasteiger partial charge in [-0.3, -0.25) is 9.69 Å². The molecule has 0 amide bonds. The first-order chi connectivity index (χ1) is 9.47. The highest BCUT2D eigenvalue weighted by atomic mass is 35.5. The van der Waals surface area contributed by atoms with E-state index in [-0.39, 0.29) is 18.6 Å². The number of halogens is 1. The van der Waals surface area contributed by atoms with E-state index in [1.807, 2.05) is 30.9 Å². The highest BCUT2D eigenvalue weighted by Gasteiger charge is 2.17. The van der Waals surface area contributed by atoms with Gasteiger partial charge in [0.25, 0.3) is 0 Å². The van der Waals surface area contributed by atoms with Crippen LogP contribution in [0.2, 0.25) is 5.02 Å². The lowest BCUT2D eigenvalue weighted by atomic mass is 10.1. The van der Waals surface area contributed by atoms with E-state index in [0.717, 1.165) is 11.3 Å². The van der Waals surface area contributed by atoms with Gasteiger partial charge in [-0.2, -0.15) is 0 Å². The summed E-state index contributed by atoms with van der Waals surface area (Å²) in [7, 11) is 1.62. The molecule has 112 valence electrons. The van der Waals surface area contributed by atoms with E-state index >= 15 is 0 Å². The van der Waals surface area contributed by atoms with Crippen LogP contribution >= 0.6 is 11.6 Å². The number of hydrogen-bond acceptors (Lipinski definition) is 4. The summed E-state index contributed by atoms with van der Waals surface area (Å²) >= 11 is 6.03. The maximum absolute atomic E-state index is 11.6. The molecule has 0 saturated heterocycles. The Labute approximate surface area is 125 Å². The number of hydrogen-bond donors (Lipinski definition) is 0. The molecule has 20 heavy (non-hydrogen) atoms. The van der Waals surface area contributed by atoms with Crippen molar-refractivity contribution < 1.29 is 14.3 Å². The molecular formula is C15H22ClNO3. The van der Waals surface area contributed by atoms with Gasteiger partial charge in [0.15, 0.2) is 0 Å². The van der Waals surface area contributed by atoms with Crippen LogP contribution in [0.3, 0.4) is 0 Å². The molecule has 0 atom stereocenters. The molecule has 1 rings (SSSR count). The predicted octanol–water partition coefficient (Wildman–Crippen LogP) is 3.12. The summed E-state index contributed by atoms with van der Waals surface area (Å²) in [5.74, 6) is 0.547. The van der Waals surface area contributed by atoms with Crippen LogP contribution in [0.15, 0.2) is 18.2 Å². The molecule has 0 bridgehead atoms. The number of ether oxygens (including phenoxy) is 2. The van der Waals surface area contributed by atoms with Crippen molar-refractivity contribution in [3.8, 4) is 5.75 Å². The average molecular weight is 300 g/mol. The summed E-state index contributed by atoms with van der Waals surface area (Å²) in [6.07, 6.45) is 0. The maximum atomic E-state index is 11.6. The first-order valence-electron chi connectivity index (χ1n) is 6.70. The van der Waals surface area contributed by atoms with Gasteiger partial charge >= 0.3 is 5.97 Å². The van der Waals surface area contributed by atoms with Gasteiger partial charge in [0, 0.05) is 23.2 Å². The van der Waals surface area contributed by atoms with Crippen LogP contribution in [0.1, 0.15) is 26.3 Å². The van der Waals surface area contributed by atoms with Crippen molar-refractivity contribution in [2.75, 3.05) is 20.3 Å². The van der Waals surface area contributed by atoms with E-state index in [4.69, 9.17) is 21.1 Å². The lowest BCUT2D eigenvalue weighted by Crippen LogP contribution is -2.36. The minimum atomic E-state index is -0.220. The molecule has 0 aliphatic carbocycles. The minimum absolute atomic E-state index is 0.211. The van der Waals surface area contributed by atoms with Crippen LogP contribution < -0.4 is 4.74 Å². The van der Waals surface area contributed by atoms with E-state index in [9.17, 15) is 4.79 Å². The van der Waals surface area contributed by atoms with Crippen molar-refractivity contribution in [1.29, 1.82) is 0 Å². The van der Waals surface area contributed by atoms with Crippen molar-refractivity contribution in [1.82, 2.24) is 4.90 Å². The molecule has 0 aliphatic rings. The lowest BCUT2D eigenvalue weighted by molar-refractivity contribution is -0.145. The van der Waals surface area contributed by atoms with Crippen LogP contribution in [-0.4, -0.2) is 37.2 Å². The van der Waals surface area contributed by atoms with Gasteiger partial charge in [0.2, 0.25) is 0 Å². The summed E-state index contributed by atoms with van der Waals surface area (Å²) < 4.78 is 10.3. The molecular weight excluding hydrogens is 278 g/mol. The van der Waals surface area contributed by atoms with Crippen molar-refractivity contribution in [3.63, 3.8) is 0 Å². The Bertz CT molecular complexity index is 449. The lowest BCUT2D eigenvalue weighted by Gasteiger charge is -2.26. The fraction of sp³-hybridized carbons (Fsp3) is 0.533. The molecule has 4 nitrogen and oxygen atoms in total. The van der Waals surface area contributed by atoms with Crippen LogP contribution in [0.5, 0.6) is 5.75 Å². The van der Waals surface area contributed by atoms with Crippen LogP contribution in [0.4, 0.5) is 0 Å². The van der Waals surface area contributed by atoms with Crippen molar-refractivity contribution in [2.24, 2.45) is 0 Å².